The number of benzene rings is 2. The number of anilines is 1. The second-order valence-electron chi connectivity index (χ2n) is 7.52. The minimum atomic E-state index is -0.367. The number of imide groups is 1. The molecule has 0 unspecified atom stereocenters. The third-order valence-corrected chi connectivity index (χ3v) is 5.63. The van der Waals surface area contributed by atoms with Crippen LogP contribution in [0.15, 0.2) is 48.5 Å². The van der Waals surface area contributed by atoms with Crippen LogP contribution in [0.5, 0.6) is 0 Å². The molecule has 2 saturated heterocycles. The highest BCUT2D eigenvalue weighted by atomic mass is 19.1. The van der Waals surface area contributed by atoms with Gasteiger partial charge in [0.15, 0.2) is 0 Å². The molecule has 2 aliphatic rings. The van der Waals surface area contributed by atoms with Crippen molar-refractivity contribution in [3.63, 3.8) is 0 Å². The van der Waals surface area contributed by atoms with Crippen LogP contribution in [0.1, 0.15) is 17.5 Å². The SMILES string of the molecule is Cc1ccc(CN2C(=O)C[C@H](N3CCN(c4ccc(F)cc4)CC3)C2=O)cc1. The molecular weight excluding hydrogens is 357 g/mol. The molecule has 0 aromatic heterocycles. The van der Waals surface area contributed by atoms with E-state index in [4.69, 9.17) is 0 Å². The van der Waals surface area contributed by atoms with Crippen molar-refractivity contribution in [2.75, 3.05) is 31.1 Å². The number of carbonyl (C=O) groups excluding carboxylic acids is 2. The molecule has 2 fully saturated rings. The van der Waals surface area contributed by atoms with Crippen LogP contribution in [0.4, 0.5) is 10.1 Å². The molecule has 146 valence electrons. The van der Waals surface area contributed by atoms with E-state index < -0.39 is 0 Å². The lowest BCUT2D eigenvalue weighted by atomic mass is 10.1. The van der Waals surface area contributed by atoms with E-state index in [-0.39, 0.29) is 30.1 Å². The van der Waals surface area contributed by atoms with Gasteiger partial charge in [0, 0.05) is 31.9 Å². The molecular formula is C22H24FN3O2. The van der Waals surface area contributed by atoms with Crippen molar-refractivity contribution in [2.24, 2.45) is 0 Å². The first-order chi connectivity index (χ1) is 13.5. The Bertz CT molecular complexity index is 858. The van der Waals surface area contributed by atoms with E-state index in [0.29, 0.717) is 19.6 Å². The maximum atomic E-state index is 13.1. The molecule has 2 amide bonds. The van der Waals surface area contributed by atoms with E-state index in [1.807, 2.05) is 31.2 Å². The standard InChI is InChI=1S/C22H24FN3O2/c1-16-2-4-17(5-3-16)15-26-21(27)14-20(22(26)28)25-12-10-24(11-13-25)19-8-6-18(23)7-9-19/h2-9,20H,10-15H2,1H3/t20-/m0/s1. The van der Waals surface area contributed by atoms with Gasteiger partial charge in [0.1, 0.15) is 5.82 Å². The second-order valence-corrected chi connectivity index (χ2v) is 7.52. The number of likely N-dealkylation sites (tertiary alicyclic amines) is 1. The van der Waals surface area contributed by atoms with Gasteiger partial charge in [-0.2, -0.15) is 0 Å². The van der Waals surface area contributed by atoms with Gasteiger partial charge in [0.25, 0.3) is 0 Å². The maximum Gasteiger partial charge on any atom is 0.247 e. The van der Waals surface area contributed by atoms with E-state index in [9.17, 15) is 14.0 Å². The van der Waals surface area contributed by atoms with Gasteiger partial charge in [-0.05, 0) is 36.8 Å². The number of piperazine rings is 1. The van der Waals surface area contributed by atoms with E-state index in [1.165, 1.54) is 17.0 Å². The number of hydrogen-bond donors (Lipinski definition) is 0. The summed E-state index contributed by atoms with van der Waals surface area (Å²) in [4.78, 5) is 31.0. The first kappa shape index (κ1) is 18.6. The Kier molecular flexibility index (Phi) is 5.13. The van der Waals surface area contributed by atoms with Gasteiger partial charge < -0.3 is 4.90 Å². The van der Waals surface area contributed by atoms with Gasteiger partial charge in [0.2, 0.25) is 11.8 Å². The predicted octanol–water partition coefficient (Wildman–Crippen LogP) is 2.58. The Morgan fingerprint density at radius 2 is 1.57 bits per heavy atom. The highest BCUT2D eigenvalue weighted by Gasteiger charge is 2.42. The van der Waals surface area contributed by atoms with Crippen molar-refractivity contribution in [2.45, 2.75) is 25.9 Å². The molecule has 2 aromatic rings. The molecule has 4 rings (SSSR count). The van der Waals surface area contributed by atoms with E-state index in [0.717, 1.165) is 29.9 Å². The smallest absolute Gasteiger partial charge is 0.247 e. The third-order valence-electron chi connectivity index (χ3n) is 5.63. The van der Waals surface area contributed by atoms with Crippen LogP contribution >= 0.6 is 0 Å². The lowest BCUT2D eigenvalue weighted by Gasteiger charge is -2.38. The van der Waals surface area contributed by atoms with Crippen LogP contribution in [-0.4, -0.2) is 53.8 Å². The molecule has 0 N–H and O–H groups in total. The van der Waals surface area contributed by atoms with E-state index in [1.54, 1.807) is 12.1 Å². The molecule has 0 aliphatic carbocycles. The monoisotopic (exact) mass is 381 g/mol. The van der Waals surface area contributed by atoms with Gasteiger partial charge >= 0.3 is 0 Å². The molecule has 2 aliphatic heterocycles. The average Bonchev–Trinajstić information content (AvgIpc) is 2.99. The predicted molar refractivity (Wildman–Crippen MR) is 105 cm³/mol. The molecule has 2 heterocycles. The minimum absolute atomic E-state index is 0.0965. The van der Waals surface area contributed by atoms with Crippen LogP contribution in [0.25, 0.3) is 0 Å². The number of carbonyl (C=O) groups is 2. The second kappa shape index (κ2) is 7.72. The number of halogens is 1. The molecule has 0 bridgehead atoms. The molecule has 0 spiro atoms. The fourth-order valence-corrected chi connectivity index (χ4v) is 3.94. The number of hydrogen-bond acceptors (Lipinski definition) is 4. The zero-order valence-corrected chi connectivity index (χ0v) is 16.0. The van der Waals surface area contributed by atoms with Crippen LogP contribution in [0.2, 0.25) is 0 Å². The maximum absolute atomic E-state index is 13.1. The summed E-state index contributed by atoms with van der Waals surface area (Å²) >= 11 is 0. The van der Waals surface area contributed by atoms with Gasteiger partial charge in [0.05, 0.1) is 19.0 Å². The highest BCUT2D eigenvalue weighted by molar-refractivity contribution is 6.05. The first-order valence-electron chi connectivity index (χ1n) is 9.65. The normalized spacial score (nSPS) is 20.9. The zero-order valence-electron chi connectivity index (χ0n) is 16.0. The Morgan fingerprint density at radius 3 is 2.21 bits per heavy atom. The van der Waals surface area contributed by atoms with Crippen molar-refractivity contribution in [3.8, 4) is 0 Å². The number of aryl methyl sites for hydroxylation is 1. The van der Waals surface area contributed by atoms with Crippen molar-refractivity contribution in [1.82, 2.24) is 9.80 Å². The molecule has 28 heavy (non-hydrogen) atoms. The molecule has 0 saturated carbocycles. The summed E-state index contributed by atoms with van der Waals surface area (Å²) in [6.07, 6.45) is 0.251. The first-order valence-corrected chi connectivity index (χ1v) is 9.65. The fraction of sp³-hybridized carbons (Fsp3) is 0.364. The molecule has 2 aromatic carbocycles. The average molecular weight is 381 g/mol. The Hall–Kier alpha value is -2.73. The Balaban J connectivity index is 1.37. The van der Waals surface area contributed by atoms with E-state index >= 15 is 0 Å². The summed E-state index contributed by atoms with van der Waals surface area (Å²) < 4.78 is 13.1. The van der Waals surface area contributed by atoms with Gasteiger partial charge in [-0.15, -0.1) is 0 Å². The van der Waals surface area contributed by atoms with Crippen LogP contribution < -0.4 is 4.90 Å². The van der Waals surface area contributed by atoms with Crippen LogP contribution in [0, 0.1) is 12.7 Å². The molecule has 6 heteroatoms. The van der Waals surface area contributed by atoms with Crippen LogP contribution in [0.3, 0.4) is 0 Å². The van der Waals surface area contributed by atoms with Crippen molar-refractivity contribution >= 4 is 17.5 Å². The highest BCUT2D eigenvalue weighted by Crippen LogP contribution is 2.24. The lowest BCUT2D eigenvalue weighted by molar-refractivity contribution is -0.140. The minimum Gasteiger partial charge on any atom is -0.369 e. The van der Waals surface area contributed by atoms with Crippen molar-refractivity contribution < 1.29 is 14.0 Å². The Labute approximate surface area is 164 Å². The molecule has 0 radical (unpaired) electrons. The van der Waals surface area contributed by atoms with Crippen molar-refractivity contribution in [3.05, 3.63) is 65.5 Å². The zero-order chi connectivity index (χ0) is 19.7. The number of amides is 2. The fourth-order valence-electron chi connectivity index (χ4n) is 3.94. The summed E-state index contributed by atoms with van der Waals surface area (Å²) in [6.45, 7) is 5.27. The molecule has 5 nitrogen and oxygen atoms in total. The van der Waals surface area contributed by atoms with Crippen LogP contribution in [-0.2, 0) is 16.1 Å². The van der Waals surface area contributed by atoms with Gasteiger partial charge in [-0.3, -0.25) is 19.4 Å². The molecule has 1 atom stereocenters. The number of rotatable bonds is 4. The summed E-state index contributed by atoms with van der Waals surface area (Å²) in [6, 6.07) is 14.0. The van der Waals surface area contributed by atoms with E-state index in [2.05, 4.69) is 9.80 Å². The largest absolute Gasteiger partial charge is 0.369 e. The van der Waals surface area contributed by atoms with Gasteiger partial charge in [-0.25, -0.2) is 4.39 Å². The third kappa shape index (κ3) is 3.78. The number of nitrogens with zero attached hydrogens (tertiary/aromatic N) is 3. The van der Waals surface area contributed by atoms with Crippen molar-refractivity contribution in [1.29, 1.82) is 0 Å². The summed E-state index contributed by atoms with van der Waals surface area (Å²) in [5, 5.41) is 0. The summed E-state index contributed by atoms with van der Waals surface area (Å²) in [5.41, 5.74) is 3.10. The quantitative estimate of drug-likeness (QED) is 0.764. The summed E-state index contributed by atoms with van der Waals surface area (Å²) in [7, 11) is 0. The lowest BCUT2D eigenvalue weighted by Crippen LogP contribution is -2.52. The topological polar surface area (TPSA) is 43.9 Å². The van der Waals surface area contributed by atoms with Gasteiger partial charge in [-0.1, -0.05) is 29.8 Å². The Morgan fingerprint density at radius 1 is 0.929 bits per heavy atom. The summed E-state index contributed by atoms with van der Waals surface area (Å²) in [5.74, 6) is -0.441.